The lowest BCUT2D eigenvalue weighted by Gasteiger charge is -2.30. The Morgan fingerprint density at radius 2 is 2.26 bits per heavy atom. The summed E-state index contributed by atoms with van der Waals surface area (Å²) in [6, 6.07) is 5.31. The summed E-state index contributed by atoms with van der Waals surface area (Å²) in [5, 5.41) is 14.7. The van der Waals surface area contributed by atoms with Crippen LogP contribution in [0, 0.1) is 10.1 Å². The van der Waals surface area contributed by atoms with Crippen LogP contribution >= 0.6 is 23.2 Å². The Morgan fingerprint density at radius 3 is 2.85 bits per heavy atom. The van der Waals surface area contributed by atoms with E-state index in [1.54, 1.807) is 24.7 Å². The van der Waals surface area contributed by atoms with Crippen LogP contribution in [0.15, 0.2) is 36.9 Å². The molecule has 27 heavy (non-hydrogen) atoms. The molecule has 0 radical (unpaired) electrons. The van der Waals surface area contributed by atoms with Crippen LogP contribution < -0.4 is 0 Å². The molecule has 0 saturated carbocycles. The van der Waals surface area contributed by atoms with Crippen molar-refractivity contribution in [1.82, 2.24) is 9.55 Å². The number of hydrogen-bond acceptors (Lipinski definition) is 6. The number of aromatic nitrogens is 2. The van der Waals surface area contributed by atoms with Gasteiger partial charge in [0.25, 0.3) is 5.09 Å². The zero-order valence-corrected chi connectivity index (χ0v) is 16.0. The molecule has 11 heteroatoms. The van der Waals surface area contributed by atoms with Crippen molar-refractivity contribution in [3.8, 4) is 0 Å². The number of benzene rings is 1. The van der Waals surface area contributed by atoms with E-state index in [0.29, 0.717) is 36.4 Å². The van der Waals surface area contributed by atoms with Gasteiger partial charge in [-0.2, -0.15) is 0 Å². The van der Waals surface area contributed by atoms with E-state index in [0.717, 1.165) is 5.56 Å². The van der Waals surface area contributed by atoms with E-state index in [4.69, 9.17) is 52.7 Å². The summed E-state index contributed by atoms with van der Waals surface area (Å²) in [7, 11) is 0. The van der Waals surface area contributed by atoms with Gasteiger partial charge in [-0.1, -0.05) is 29.3 Å². The van der Waals surface area contributed by atoms with Crippen molar-refractivity contribution in [2.75, 3.05) is 19.8 Å². The second-order valence-electron chi connectivity index (χ2n) is 5.56. The van der Waals surface area contributed by atoms with Crippen molar-refractivity contribution in [3.63, 3.8) is 0 Å². The summed E-state index contributed by atoms with van der Waals surface area (Å²) in [6.07, 6.45) is 5.14. The van der Waals surface area contributed by atoms with Crippen LogP contribution in [0.3, 0.4) is 0 Å². The zero-order chi connectivity index (χ0) is 19.9. The van der Waals surface area contributed by atoms with Crippen LogP contribution in [0.1, 0.15) is 12.5 Å². The number of halogens is 2. The first kappa shape index (κ1) is 21.4. The van der Waals surface area contributed by atoms with Gasteiger partial charge in [-0.3, -0.25) is 0 Å². The van der Waals surface area contributed by atoms with E-state index < -0.39 is 10.9 Å². The van der Waals surface area contributed by atoms with Crippen LogP contribution in [0.5, 0.6) is 0 Å². The quantitative estimate of drug-likeness (QED) is 0.565. The Morgan fingerprint density at radius 1 is 1.52 bits per heavy atom. The third kappa shape index (κ3) is 6.05. The highest BCUT2D eigenvalue weighted by Gasteiger charge is 2.45. The van der Waals surface area contributed by atoms with Crippen molar-refractivity contribution in [2.45, 2.75) is 25.4 Å². The summed E-state index contributed by atoms with van der Waals surface area (Å²) < 4.78 is 19.6. The number of rotatable bonds is 6. The smallest absolute Gasteiger partial charge is 0.291 e. The molecule has 2 heterocycles. The minimum atomic E-state index is -1.50. The maximum atomic E-state index is 8.36. The fraction of sp³-hybridized carbons (Fsp3) is 0.438. The third-order valence-electron chi connectivity index (χ3n) is 3.66. The molecule has 1 aliphatic rings. The van der Waals surface area contributed by atoms with Gasteiger partial charge >= 0.3 is 0 Å². The Kier molecular flexibility index (Phi) is 7.81. The van der Waals surface area contributed by atoms with Gasteiger partial charge in [0.2, 0.25) is 5.79 Å². The normalized spacial score (nSPS) is 21.5. The van der Waals surface area contributed by atoms with Gasteiger partial charge in [0, 0.05) is 29.6 Å². The van der Waals surface area contributed by atoms with Crippen molar-refractivity contribution in [3.05, 3.63) is 62.6 Å². The van der Waals surface area contributed by atoms with E-state index >= 15 is 0 Å². The molecule has 0 bridgehead atoms. The summed E-state index contributed by atoms with van der Waals surface area (Å²) in [4.78, 5) is 12.4. The maximum absolute atomic E-state index is 8.36. The van der Waals surface area contributed by atoms with Crippen LogP contribution in [-0.4, -0.2) is 45.8 Å². The summed E-state index contributed by atoms with van der Waals surface area (Å²) >= 11 is 12.4. The van der Waals surface area contributed by atoms with Crippen LogP contribution in [0.25, 0.3) is 0 Å². The predicted molar refractivity (Wildman–Crippen MR) is 96.5 cm³/mol. The first-order valence-electron chi connectivity index (χ1n) is 8.00. The van der Waals surface area contributed by atoms with Gasteiger partial charge in [0.1, 0.15) is 6.10 Å². The zero-order valence-electron chi connectivity index (χ0n) is 14.5. The summed E-state index contributed by atoms with van der Waals surface area (Å²) in [6.45, 7) is 3.94. The monoisotopic (exact) mass is 419 g/mol. The molecule has 1 N–H and O–H groups in total. The Balaban J connectivity index is 0.000000596. The number of imidazole rings is 1. The molecule has 148 valence electrons. The largest absolute Gasteiger partial charge is 0.379 e. The van der Waals surface area contributed by atoms with E-state index in [2.05, 4.69) is 4.98 Å². The molecule has 1 aromatic carbocycles. The van der Waals surface area contributed by atoms with E-state index in [1.165, 1.54) is 0 Å². The molecular weight excluding hydrogens is 401 g/mol. The van der Waals surface area contributed by atoms with Crippen molar-refractivity contribution in [1.29, 1.82) is 0 Å². The minimum Gasteiger partial charge on any atom is -0.379 e. The molecule has 0 unspecified atom stereocenters. The fourth-order valence-electron chi connectivity index (χ4n) is 2.62. The highest BCUT2D eigenvalue weighted by molar-refractivity contribution is 6.35. The van der Waals surface area contributed by atoms with E-state index in [1.807, 2.05) is 23.8 Å². The van der Waals surface area contributed by atoms with E-state index in [9.17, 15) is 0 Å². The lowest BCUT2D eigenvalue weighted by atomic mass is 10.1. The number of hydrogen-bond donors (Lipinski definition) is 1. The van der Waals surface area contributed by atoms with Gasteiger partial charge in [-0.15, -0.1) is 10.1 Å². The maximum Gasteiger partial charge on any atom is 0.291 e. The highest BCUT2D eigenvalue weighted by Crippen LogP contribution is 2.40. The van der Waals surface area contributed by atoms with Gasteiger partial charge in [0.05, 0.1) is 31.1 Å². The highest BCUT2D eigenvalue weighted by atomic mass is 35.5. The van der Waals surface area contributed by atoms with Crippen LogP contribution in [0.2, 0.25) is 10.0 Å². The second-order valence-corrected chi connectivity index (χ2v) is 6.40. The Hall–Kier alpha value is -1.91. The van der Waals surface area contributed by atoms with Gasteiger partial charge < -0.3 is 24.0 Å². The lowest BCUT2D eigenvalue weighted by Crippen LogP contribution is -2.34. The molecule has 2 aromatic rings. The molecular formula is C16H19Cl2N3O6. The third-order valence-corrected chi connectivity index (χ3v) is 4.21. The van der Waals surface area contributed by atoms with Crippen molar-refractivity contribution in [2.24, 2.45) is 0 Å². The molecule has 1 saturated heterocycles. The molecule has 0 aliphatic carbocycles. The molecule has 3 rings (SSSR count). The van der Waals surface area contributed by atoms with Crippen molar-refractivity contribution < 1.29 is 24.5 Å². The molecule has 0 spiro atoms. The molecule has 1 fully saturated rings. The van der Waals surface area contributed by atoms with Gasteiger partial charge in [-0.05, 0) is 19.1 Å². The van der Waals surface area contributed by atoms with Gasteiger partial charge in [0.15, 0.2) is 0 Å². The van der Waals surface area contributed by atoms with Crippen LogP contribution in [0.4, 0.5) is 0 Å². The minimum absolute atomic E-state index is 0.148. The molecule has 9 nitrogen and oxygen atoms in total. The topological polar surface area (TPSA) is 109 Å². The average molecular weight is 420 g/mol. The first-order valence-corrected chi connectivity index (χ1v) is 8.76. The molecule has 1 aliphatic heterocycles. The fourth-order valence-corrected chi connectivity index (χ4v) is 3.18. The SMILES string of the molecule is CCOC[C@@H]1CO[C@@](Cn2ccnc2)(c2ccc(Cl)cc2Cl)O1.O=[N+]([O-])O. The molecule has 1 aromatic heterocycles. The predicted octanol–water partition coefficient (Wildman–Crippen LogP) is 3.15. The van der Waals surface area contributed by atoms with E-state index in [-0.39, 0.29) is 6.10 Å². The summed E-state index contributed by atoms with van der Waals surface area (Å²) in [5.74, 6) is -0.982. The van der Waals surface area contributed by atoms with Crippen molar-refractivity contribution >= 4 is 23.2 Å². The second kappa shape index (κ2) is 9.86. The molecule has 2 atom stereocenters. The number of nitrogens with zero attached hydrogens (tertiary/aromatic N) is 3. The lowest BCUT2D eigenvalue weighted by molar-refractivity contribution is -0.742. The number of ether oxygens (including phenoxy) is 3. The first-order chi connectivity index (χ1) is 12.9. The summed E-state index contributed by atoms with van der Waals surface area (Å²) in [5.41, 5.74) is 0.747. The standard InChI is InChI=1S/C16H18Cl2N2O3.HNO3/c1-2-21-8-13-9-22-16(23-13,10-20-6-5-19-11-20)14-4-3-12(17)7-15(14)18;2-1(3)4/h3-7,11,13H,2,8-10H2,1H3;(H,2,3,4)/t13-,16-;/m1./s1. The average Bonchev–Trinajstić information content (AvgIpc) is 3.23. The molecule has 0 amide bonds. The van der Waals surface area contributed by atoms with Crippen LogP contribution in [-0.2, 0) is 26.5 Å². The van der Waals surface area contributed by atoms with Gasteiger partial charge in [-0.25, -0.2) is 4.98 Å². The Labute approximate surface area is 165 Å². The Bertz CT molecular complexity index is 742.